The van der Waals surface area contributed by atoms with Crippen molar-refractivity contribution < 1.29 is 22.7 Å². The van der Waals surface area contributed by atoms with E-state index in [1.54, 1.807) is 0 Å². The van der Waals surface area contributed by atoms with Gasteiger partial charge >= 0.3 is 6.36 Å². The second-order valence-electron chi connectivity index (χ2n) is 7.13. The number of carbonyl (C=O) groups excluding carboxylic acids is 1. The van der Waals surface area contributed by atoms with Crippen LogP contribution < -0.4 is 5.32 Å². The lowest BCUT2D eigenvalue weighted by atomic mass is 9.95. The molecular weight excluding hydrogens is 349 g/mol. The van der Waals surface area contributed by atoms with Gasteiger partial charge in [0.2, 0.25) is 0 Å². The minimum Gasteiger partial charge on any atom is -0.410 e. The Kier molecular flexibility index (Phi) is 4.13. The molecule has 2 fully saturated rings. The molecule has 0 radical (unpaired) electrons. The molecule has 0 aromatic heterocycles. The molecule has 0 saturated carbocycles. The van der Waals surface area contributed by atoms with E-state index in [0.717, 1.165) is 25.7 Å². The fraction of sp³-hybridized carbons (Fsp3) is 0.588. The van der Waals surface area contributed by atoms with Crippen LogP contribution in [0.5, 0.6) is 0 Å². The minimum absolute atomic E-state index is 0.0896. The molecule has 0 aromatic rings. The third-order valence-corrected chi connectivity index (χ3v) is 5.51. The highest BCUT2D eigenvalue weighted by atomic mass is 19.4. The number of rotatable bonds is 3. The van der Waals surface area contributed by atoms with E-state index >= 15 is 0 Å². The van der Waals surface area contributed by atoms with Gasteiger partial charge in [0.25, 0.3) is 5.91 Å². The minimum atomic E-state index is -4.75. The van der Waals surface area contributed by atoms with E-state index in [9.17, 15) is 18.0 Å². The Bertz CT molecular complexity index is 740. The van der Waals surface area contributed by atoms with Gasteiger partial charge in [-0.25, -0.2) is 0 Å². The lowest BCUT2D eigenvalue weighted by molar-refractivity contribution is -0.305. The van der Waals surface area contributed by atoms with Crippen molar-refractivity contribution in [2.24, 2.45) is 10.2 Å². The van der Waals surface area contributed by atoms with Gasteiger partial charge < -0.3 is 15.0 Å². The second kappa shape index (κ2) is 6.22. The van der Waals surface area contributed by atoms with Crippen LogP contribution in [0.25, 0.3) is 0 Å². The van der Waals surface area contributed by atoms with Crippen molar-refractivity contribution in [3.05, 3.63) is 23.5 Å². The van der Waals surface area contributed by atoms with Crippen molar-refractivity contribution in [1.82, 2.24) is 10.2 Å². The number of fused-ring (bicyclic) bond motifs is 3. The lowest BCUT2D eigenvalue weighted by Gasteiger charge is -2.36. The number of hydrogen-bond donors (Lipinski definition) is 1. The van der Waals surface area contributed by atoms with Gasteiger partial charge in [0.05, 0.1) is 12.1 Å². The van der Waals surface area contributed by atoms with Crippen LogP contribution in [0.15, 0.2) is 33.7 Å². The highest BCUT2D eigenvalue weighted by Crippen LogP contribution is 2.34. The van der Waals surface area contributed by atoms with Crippen molar-refractivity contribution in [2.75, 3.05) is 7.05 Å². The highest BCUT2D eigenvalue weighted by molar-refractivity contribution is 6.53. The molecule has 6 nitrogen and oxygen atoms in total. The van der Waals surface area contributed by atoms with E-state index in [-0.39, 0.29) is 29.8 Å². The number of piperidine rings is 1. The molecular formula is C17H19F3N4O2. The van der Waals surface area contributed by atoms with Crippen LogP contribution in [0.1, 0.15) is 32.1 Å². The van der Waals surface area contributed by atoms with Crippen LogP contribution in [-0.4, -0.2) is 53.8 Å². The SMILES string of the molecule is CN1[C@@H]2CC[C@H]1C[C@H](NC(=O)C1=NN=C3CC(OC(F)(F)F)=CC=C31)C2. The van der Waals surface area contributed by atoms with Gasteiger partial charge in [-0.15, -0.1) is 18.3 Å². The van der Waals surface area contributed by atoms with E-state index in [2.05, 4.69) is 32.2 Å². The molecule has 1 amide bonds. The summed E-state index contributed by atoms with van der Waals surface area (Å²) in [5, 5.41) is 10.8. The van der Waals surface area contributed by atoms with E-state index in [0.29, 0.717) is 23.4 Å². The molecule has 1 N–H and O–H groups in total. The molecule has 9 heteroatoms. The molecule has 4 aliphatic rings. The summed E-state index contributed by atoms with van der Waals surface area (Å²) in [5.41, 5.74) is 0.946. The quantitative estimate of drug-likeness (QED) is 0.831. The molecule has 4 rings (SSSR count). The van der Waals surface area contributed by atoms with Crippen LogP contribution in [0.3, 0.4) is 0 Å². The van der Waals surface area contributed by atoms with E-state index in [1.165, 1.54) is 12.2 Å². The summed E-state index contributed by atoms with van der Waals surface area (Å²) < 4.78 is 40.9. The van der Waals surface area contributed by atoms with Crippen molar-refractivity contribution in [1.29, 1.82) is 0 Å². The zero-order valence-corrected chi connectivity index (χ0v) is 14.2. The molecule has 3 heterocycles. The van der Waals surface area contributed by atoms with Gasteiger partial charge in [0.1, 0.15) is 5.76 Å². The van der Waals surface area contributed by atoms with Crippen molar-refractivity contribution in [3.63, 3.8) is 0 Å². The number of halogens is 3. The fourth-order valence-electron chi connectivity index (χ4n) is 4.23. The Morgan fingerprint density at radius 2 is 1.92 bits per heavy atom. The third kappa shape index (κ3) is 3.27. The molecule has 26 heavy (non-hydrogen) atoms. The fourth-order valence-corrected chi connectivity index (χ4v) is 4.23. The molecule has 140 valence electrons. The number of carbonyl (C=O) groups is 1. The van der Waals surface area contributed by atoms with Crippen molar-refractivity contribution >= 4 is 17.3 Å². The first-order valence-electron chi connectivity index (χ1n) is 8.65. The van der Waals surface area contributed by atoms with Gasteiger partial charge in [-0.3, -0.25) is 4.79 Å². The van der Waals surface area contributed by atoms with Crippen LogP contribution in [0, 0.1) is 0 Å². The zero-order valence-electron chi connectivity index (χ0n) is 14.2. The normalized spacial score (nSPS) is 30.8. The Labute approximate surface area is 148 Å². The van der Waals surface area contributed by atoms with E-state index in [4.69, 9.17) is 0 Å². The number of ether oxygens (including phenoxy) is 1. The van der Waals surface area contributed by atoms with E-state index < -0.39 is 6.36 Å². The number of nitrogens with one attached hydrogen (secondary N) is 1. The lowest BCUT2D eigenvalue weighted by Crippen LogP contribution is -2.50. The van der Waals surface area contributed by atoms with Gasteiger partial charge in [-0.1, -0.05) is 0 Å². The Balaban J connectivity index is 1.41. The van der Waals surface area contributed by atoms with Crippen molar-refractivity contribution in [2.45, 2.75) is 56.6 Å². The second-order valence-corrected chi connectivity index (χ2v) is 7.13. The summed E-state index contributed by atoms with van der Waals surface area (Å²) in [6, 6.07) is 1.08. The smallest absolute Gasteiger partial charge is 0.410 e. The Morgan fingerprint density at radius 1 is 1.23 bits per heavy atom. The number of allylic oxidation sites excluding steroid dienone is 3. The molecule has 1 aliphatic carbocycles. The summed E-state index contributed by atoms with van der Waals surface area (Å²) >= 11 is 0. The summed E-state index contributed by atoms with van der Waals surface area (Å²) in [7, 11) is 2.13. The topological polar surface area (TPSA) is 66.3 Å². The molecule has 3 atom stereocenters. The number of hydrogen-bond acceptors (Lipinski definition) is 5. The molecule has 0 aromatic carbocycles. The summed E-state index contributed by atoms with van der Waals surface area (Å²) in [6.45, 7) is 0. The number of nitrogens with zero attached hydrogens (tertiary/aromatic N) is 3. The molecule has 0 spiro atoms. The molecule has 3 aliphatic heterocycles. The summed E-state index contributed by atoms with van der Waals surface area (Å²) in [4.78, 5) is 15.0. The molecule has 2 bridgehead atoms. The average Bonchev–Trinajstić information content (AvgIpc) is 3.03. The zero-order chi connectivity index (χ0) is 18.5. The monoisotopic (exact) mass is 368 g/mol. The standard InChI is InChI=1S/C17H19F3N4O2/c1-24-10-2-3-11(24)7-9(6-10)21-16(25)15-13-5-4-12(26-17(18,19)20)8-14(13)22-23-15/h4-5,9-11H,2-3,6-8H2,1H3,(H,21,25)/t9-,10-,11+. The maximum atomic E-state index is 12.6. The summed E-state index contributed by atoms with van der Waals surface area (Å²) in [6.07, 6.45) is 1.86. The summed E-state index contributed by atoms with van der Waals surface area (Å²) in [5.74, 6) is -0.582. The Morgan fingerprint density at radius 3 is 2.58 bits per heavy atom. The first kappa shape index (κ1) is 17.3. The first-order valence-corrected chi connectivity index (χ1v) is 8.65. The van der Waals surface area contributed by atoms with Gasteiger partial charge in [0.15, 0.2) is 5.71 Å². The number of alkyl halides is 3. The molecule has 0 unspecified atom stereocenters. The van der Waals surface area contributed by atoms with Crippen LogP contribution >= 0.6 is 0 Å². The highest BCUT2D eigenvalue weighted by Gasteiger charge is 2.40. The van der Waals surface area contributed by atoms with Gasteiger partial charge in [-0.2, -0.15) is 5.10 Å². The molecule has 2 saturated heterocycles. The largest absolute Gasteiger partial charge is 0.572 e. The average molecular weight is 368 g/mol. The van der Waals surface area contributed by atoms with E-state index in [1.807, 2.05) is 0 Å². The first-order chi connectivity index (χ1) is 12.3. The van der Waals surface area contributed by atoms with Crippen LogP contribution in [0.2, 0.25) is 0 Å². The number of amides is 1. The predicted octanol–water partition coefficient (Wildman–Crippen LogP) is 2.29. The Hall–Kier alpha value is -2.16. The predicted molar refractivity (Wildman–Crippen MR) is 88.5 cm³/mol. The van der Waals surface area contributed by atoms with Gasteiger partial charge in [-0.05, 0) is 44.9 Å². The van der Waals surface area contributed by atoms with Crippen LogP contribution in [-0.2, 0) is 9.53 Å². The van der Waals surface area contributed by atoms with Crippen molar-refractivity contribution in [3.8, 4) is 0 Å². The van der Waals surface area contributed by atoms with Gasteiger partial charge in [0, 0.05) is 23.7 Å². The third-order valence-electron chi connectivity index (χ3n) is 5.51. The maximum Gasteiger partial charge on any atom is 0.572 e. The maximum absolute atomic E-state index is 12.6. The van der Waals surface area contributed by atoms with Crippen LogP contribution in [0.4, 0.5) is 13.2 Å².